The lowest BCUT2D eigenvalue weighted by Crippen LogP contribution is -1.92. The van der Waals surface area contributed by atoms with Gasteiger partial charge in [0.2, 0.25) is 5.13 Å². The van der Waals surface area contributed by atoms with Crippen molar-refractivity contribution in [2.45, 2.75) is 0 Å². The summed E-state index contributed by atoms with van der Waals surface area (Å²) < 4.78 is 1.59. The van der Waals surface area contributed by atoms with Crippen LogP contribution in [-0.2, 0) is 0 Å². The summed E-state index contributed by atoms with van der Waals surface area (Å²) in [6, 6.07) is 0. The fourth-order valence-electron chi connectivity index (χ4n) is 0.708. The molecule has 2 aromatic rings. The van der Waals surface area contributed by atoms with Crippen molar-refractivity contribution in [1.82, 2.24) is 20.0 Å². The number of hydrogen-bond donors (Lipinski definition) is 1. The molecule has 2 rings (SSSR count). The third-order valence-electron chi connectivity index (χ3n) is 1.15. The van der Waals surface area contributed by atoms with Gasteiger partial charge < -0.3 is 5.73 Å². The number of hydrogen-bond acceptors (Lipinski definition) is 5. The van der Waals surface area contributed by atoms with Gasteiger partial charge in [0, 0.05) is 0 Å². The molecule has 5 nitrogen and oxygen atoms in total. The van der Waals surface area contributed by atoms with Gasteiger partial charge >= 0.3 is 0 Å². The third-order valence-corrected chi connectivity index (χ3v) is 1.83. The topological polar surface area (TPSA) is 69.6 Å². The van der Waals surface area contributed by atoms with Gasteiger partial charge in [-0.05, 0) is 0 Å². The maximum absolute atomic E-state index is 5.46. The van der Waals surface area contributed by atoms with Gasteiger partial charge in [0.25, 0.3) is 0 Å². The molecule has 0 saturated carbocycles. The summed E-state index contributed by atoms with van der Waals surface area (Å²) in [4.78, 5) is 0. The van der Waals surface area contributed by atoms with Gasteiger partial charge in [0.15, 0.2) is 0 Å². The molecular formula is C5H5N5S. The number of nitrogens with two attached hydrogens (primary N) is 1. The third kappa shape index (κ3) is 1.07. The van der Waals surface area contributed by atoms with Crippen molar-refractivity contribution in [3.05, 3.63) is 17.9 Å². The van der Waals surface area contributed by atoms with Crippen LogP contribution in [0.15, 0.2) is 17.9 Å². The second kappa shape index (κ2) is 2.31. The van der Waals surface area contributed by atoms with Crippen molar-refractivity contribution < 1.29 is 0 Å². The Morgan fingerprint density at radius 3 is 3.00 bits per heavy atom. The predicted octanol–water partition coefficient (Wildman–Crippen LogP) is 0.306. The number of nitrogens with zero attached hydrogens (tertiary/aromatic N) is 4. The second-order valence-electron chi connectivity index (χ2n) is 1.94. The first kappa shape index (κ1) is 6.29. The van der Waals surface area contributed by atoms with Gasteiger partial charge in [-0.3, -0.25) is 0 Å². The standard InChI is InChI=1S/C5H5N5S/c6-4-1-8-10(2-4)5-9-7-3-11-5/h1-3H,6H2. The molecule has 11 heavy (non-hydrogen) atoms. The molecule has 0 saturated heterocycles. The molecule has 2 N–H and O–H groups in total. The van der Waals surface area contributed by atoms with Crippen LogP contribution < -0.4 is 5.73 Å². The van der Waals surface area contributed by atoms with Gasteiger partial charge in [0.1, 0.15) is 5.51 Å². The summed E-state index contributed by atoms with van der Waals surface area (Å²) in [7, 11) is 0. The molecule has 0 atom stereocenters. The zero-order valence-electron chi connectivity index (χ0n) is 5.51. The molecule has 0 amide bonds. The Balaban J connectivity index is 2.45. The van der Waals surface area contributed by atoms with E-state index in [9.17, 15) is 0 Å². The average molecular weight is 167 g/mol. The summed E-state index contributed by atoms with van der Waals surface area (Å²) >= 11 is 1.41. The minimum absolute atomic E-state index is 0.625. The van der Waals surface area contributed by atoms with Crippen LogP contribution in [0.25, 0.3) is 5.13 Å². The van der Waals surface area contributed by atoms with Crippen molar-refractivity contribution in [2.24, 2.45) is 0 Å². The van der Waals surface area contributed by atoms with Crippen LogP contribution in [0.1, 0.15) is 0 Å². The monoisotopic (exact) mass is 167 g/mol. The molecule has 0 aromatic carbocycles. The van der Waals surface area contributed by atoms with Gasteiger partial charge in [-0.1, -0.05) is 11.3 Å². The normalized spacial score (nSPS) is 10.2. The van der Waals surface area contributed by atoms with Crippen molar-refractivity contribution in [3.8, 4) is 5.13 Å². The molecule has 6 heteroatoms. The first-order chi connectivity index (χ1) is 5.36. The van der Waals surface area contributed by atoms with E-state index in [2.05, 4.69) is 15.3 Å². The molecular weight excluding hydrogens is 162 g/mol. The second-order valence-corrected chi connectivity index (χ2v) is 2.75. The van der Waals surface area contributed by atoms with E-state index in [1.807, 2.05) is 0 Å². The first-order valence-electron chi connectivity index (χ1n) is 2.93. The van der Waals surface area contributed by atoms with Crippen LogP contribution >= 0.6 is 11.3 Å². The zero-order chi connectivity index (χ0) is 7.68. The van der Waals surface area contributed by atoms with E-state index in [1.165, 1.54) is 11.3 Å². The van der Waals surface area contributed by atoms with Crippen LogP contribution in [0, 0.1) is 0 Å². The molecule has 0 aliphatic heterocycles. The van der Waals surface area contributed by atoms with E-state index >= 15 is 0 Å². The summed E-state index contributed by atoms with van der Waals surface area (Å²) in [5.41, 5.74) is 7.73. The summed E-state index contributed by atoms with van der Waals surface area (Å²) in [5, 5.41) is 12.2. The highest BCUT2D eigenvalue weighted by Gasteiger charge is 1.99. The Kier molecular flexibility index (Phi) is 1.32. The van der Waals surface area contributed by atoms with Crippen molar-refractivity contribution in [2.75, 3.05) is 5.73 Å². The summed E-state index contributed by atoms with van der Waals surface area (Å²) in [6.45, 7) is 0. The molecule has 0 spiro atoms. The minimum Gasteiger partial charge on any atom is -0.396 e. The highest BCUT2D eigenvalue weighted by molar-refractivity contribution is 7.11. The van der Waals surface area contributed by atoms with Crippen LogP contribution in [0.2, 0.25) is 0 Å². The molecule has 0 bridgehead atoms. The van der Waals surface area contributed by atoms with Crippen LogP contribution in [0.5, 0.6) is 0 Å². The smallest absolute Gasteiger partial charge is 0.232 e. The summed E-state index contributed by atoms with van der Waals surface area (Å²) in [6.07, 6.45) is 3.27. The molecule has 0 unspecified atom stereocenters. The average Bonchev–Trinajstić information content (AvgIpc) is 2.55. The van der Waals surface area contributed by atoms with Gasteiger partial charge in [-0.15, -0.1) is 10.2 Å². The van der Waals surface area contributed by atoms with Gasteiger partial charge in [0.05, 0.1) is 18.1 Å². The fraction of sp³-hybridized carbons (Fsp3) is 0. The van der Waals surface area contributed by atoms with Crippen molar-refractivity contribution in [1.29, 1.82) is 0 Å². The lowest BCUT2D eigenvalue weighted by molar-refractivity contribution is 0.846. The Hall–Kier alpha value is -1.43. The highest BCUT2D eigenvalue weighted by atomic mass is 32.1. The molecule has 56 valence electrons. The Morgan fingerprint density at radius 1 is 1.55 bits per heavy atom. The molecule has 0 radical (unpaired) electrons. The maximum Gasteiger partial charge on any atom is 0.232 e. The van der Waals surface area contributed by atoms with E-state index < -0.39 is 0 Å². The molecule has 2 aromatic heterocycles. The van der Waals surface area contributed by atoms with Crippen LogP contribution in [0.4, 0.5) is 5.69 Å². The van der Waals surface area contributed by atoms with E-state index in [0.29, 0.717) is 5.69 Å². The zero-order valence-corrected chi connectivity index (χ0v) is 6.32. The Morgan fingerprint density at radius 2 is 2.45 bits per heavy atom. The summed E-state index contributed by atoms with van der Waals surface area (Å²) in [5.74, 6) is 0. The molecule has 0 fully saturated rings. The SMILES string of the molecule is Nc1cnn(-c2nncs2)c1. The molecule has 2 heterocycles. The van der Waals surface area contributed by atoms with E-state index in [1.54, 1.807) is 22.6 Å². The largest absolute Gasteiger partial charge is 0.396 e. The lowest BCUT2D eigenvalue weighted by atomic mass is 10.6. The van der Waals surface area contributed by atoms with E-state index in [-0.39, 0.29) is 0 Å². The van der Waals surface area contributed by atoms with Crippen LogP contribution in [0.3, 0.4) is 0 Å². The minimum atomic E-state index is 0.625. The molecule has 0 aliphatic carbocycles. The van der Waals surface area contributed by atoms with E-state index in [0.717, 1.165) is 5.13 Å². The quantitative estimate of drug-likeness (QED) is 0.663. The number of aromatic nitrogens is 4. The lowest BCUT2D eigenvalue weighted by Gasteiger charge is -1.88. The molecule has 0 aliphatic rings. The van der Waals surface area contributed by atoms with E-state index in [4.69, 9.17) is 5.73 Å². The van der Waals surface area contributed by atoms with Crippen molar-refractivity contribution in [3.63, 3.8) is 0 Å². The number of nitrogen functional groups attached to an aromatic ring is 1. The number of anilines is 1. The maximum atomic E-state index is 5.46. The Labute approximate surface area is 66.5 Å². The fourth-order valence-corrected chi connectivity index (χ4v) is 1.20. The van der Waals surface area contributed by atoms with Crippen molar-refractivity contribution >= 4 is 17.0 Å². The predicted molar refractivity (Wildman–Crippen MR) is 41.4 cm³/mol. The van der Waals surface area contributed by atoms with Gasteiger partial charge in [-0.25, -0.2) is 4.68 Å². The van der Waals surface area contributed by atoms with Gasteiger partial charge in [-0.2, -0.15) is 5.10 Å². The Bertz CT molecular complexity index is 337. The number of rotatable bonds is 1. The first-order valence-corrected chi connectivity index (χ1v) is 3.81. The highest BCUT2D eigenvalue weighted by Crippen LogP contribution is 2.09. The van der Waals surface area contributed by atoms with Crippen LogP contribution in [-0.4, -0.2) is 20.0 Å².